The summed E-state index contributed by atoms with van der Waals surface area (Å²) in [6.07, 6.45) is 4.94. The van der Waals surface area contributed by atoms with Gasteiger partial charge in [-0.3, -0.25) is 0 Å². The Morgan fingerprint density at radius 2 is 1.58 bits per heavy atom. The summed E-state index contributed by atoms with van der Waals surface area (Å²) in [7, 11) is 1.74. The molecule has 2 nitrogen and oxygen atoms in total. The van der Waals surface area contributed by atoms with Crippen molar-refractivity contribution in [2.75, 3.05) is 7.11 Å². The summed E-state index contributed by atoms with van der Waals surface area (Å²) >= 11 is 0. The van der Waals surface area contributed by atoms with Crippen molar-refractivity contribution < 1.29 is 9.84 Å². The molecule has 0 aromatic heterocycles. The molecule has 1 unspecified atom stereocenters. The fourth-order valence-electron chi connectivity index (χ4n) is 3.30. The van der Waals surface area contributed by atoms with Crippen LogP contribution in [0.3, 0.4) is 0 Å². The van der Waals surface area contributed by atoms with E-state index in [-0.39, 0.29) is 5.60 Å². The van der Waals surface area contributed by atoms with Crippen LogP contribution in [0.5, 0.6) is 0 Å². The normalized spacial score (nSPS) is 20.3. The van der Waals surface area contributed by atoms with E-state index in [0.717, 1.165) is 36.8 Å². The van der Waals surface area contributed by atoms with Crippen LogP contribution in [0.4, 0.5) is 0 Å². The number of aryl methyl sites for hydroxylation is 3. The van der Waals surface area contributed by atoms with Crippen molar-refractivity contribution in [1.82, 2.24) is 0 Å². The first-order valence-electron chi connectivity index (χ1n) is 7.31. The minimum absolute atomic E-state index is 0.384. The molecule has 106 valence electrons. The third kappa shape index (κ3) is 2.70. The number of methoxy groups -OCH3 is 1. The van der Waals surface area contributed by atoms with Gasteiger partial charge < -0.3 is 9.84 Å². The van der Waals surface area contributed by atoms with Crippen molar-refractivity contribution in [2.45, 2.75) is 64.6 Å². The molecule has 1 aromatic carbocycles. The minimum atomic E-state index is -0.517. The molecule has 1 aromatic rings. The van der Waals surface area contributed by atoms with Crippen LogP contribution in [-0.2, 0) is 4.74 Å². The van der Waals surface area contributed by atoms with Gasteiger partial charge in [-0.1, -0.05) is 31.4 Å². The molecule has 19 heavy (non-hydrogen) atoms. The highest BCUT2D eigenvalue weighted by Crippen LogP contribution is 2.42. The number of hydrogen-bond acceptors (Lipinski definition) is 2. The van der Waals surface area contributed by atoms with Gasteiger partial charge in [-0.15, -0.1) is 0 Å². The lowest BCUT2D eigenvalue weighted by molar-refractivity contribution is -0.125. The molecule has 0 heterocycles. The van der Waals surface area contributed by atoms with Gasteiger partial charge in [0, 0.05) is 7.11 Å². The molecule has 2 rings (SSSR count). The topological polar surface area (TPSA) is 29.5 Å². The first-order chi connectivity index (χ1) is 9.00. The molecule has 0 spiro atoms. The summed E-state index contributed by atoms with van der Waals surface area (Å²) in [6, 6.07) is 4.30. The summed E-state index contributed by atoms with van der Waals surface area (Å²) < 4.78 is 5.77. The van der Waals surface area contributed by atoms with Crippen LogP contribution in [0.2, 0.25) is 0 Å². The average Bonchev–Trinajstić information content (AvgIpc) is 2.43. The molecule has 1 atom stereocenters. The van der Waals surface area contributed by atoms with Crippen LogP contribution in [0.1, 0.15) is 60.5 Å². The lowest BCUT2D eigenvalue weighted by Gasteiger charge is -2.40. The van der Waals surface area contributed by atoms with E-state index in [1.807, 2.05) is 0 Å². The molecule has 0 aliphatic heterocycles. The second kappa shape index (κ2) is 5.64. The Morgan fingerprint density at radius 1 is 1.00 bits per heavy atom. The van der Waals surface area contributed by atoms with Crippen LogP contribution in [0, 0.1) is 20.8 Å². The Morgan fingerprint density at radius 3 is 2.16 bits per heavy atom. The molecular formula is C17H26O2. The fourth-order valence-corrected chi connectivity index (χ4v) is 3.30. The van der Waals surface area contributed by atoms with E-state index in [1.165, 1.54) is 17.5 Å². The van der Waals surface area contributed by atoms with Crippen molar-refractivity contribution in [3.05, 3.63) is 34.4 Å². The molecule has 1 N–H and O–H groups in total. The molecule has 0 amide bonds. The lowest BCUT2D eigenvalue weighted by atomic mass is 9.77. The van der Waals surface area contributed by atoms with Gasteiger partial charge in [0.15, 0.2) is 0 Å². The van der Waals surface area contributed by atoms with Crippen LogP contribution in [0.25, 0.3) is 0 Å². The van der Waals surface area contributed by atoms with Crippen molar-refractivity contribution >= 4 is 0 Å². The second-order valence-electron chi connectivity index (χ2n) is 6.03. The summed E-state index contributed by atoms with van der Waals surface area (Å²) in [5.74, 6) is 0. The Kier molecular flexibility index (Phi) is 4.32. The smallest absolute Gasteiger partial charge is 0.108 e. The molecular weight excluding hydrogens is 236 g/mol. The molecule has 1 fully saturated rings. The number of benzene rings is 1. The van der Waals surface area contributed by atoms with E-state index >= 15 is 0 Å². The van der Waals surface area contributed by atoms with Gasteiger partial charge in [0.05, 0.1) is 5.60 Å². The van der Waals surface area contributed by atoms with Crippen LogP contribution in [0.15, 0.2) is 12.1 Å². The third-order valence-corrected chi connectivity index (χ3v) is 4.78. The van der Waals surface area contributed by atoms with Gasteiger partial charge in [0.1, 0.15) is 6.10 Å². The summed E-state index contributed by atoms with van der Waals surface area (Å²) in [5.41, 5.74) is 4.33. The summed E-state index contributed by atoms with van der Waals surface area (Å²) in [6.45, 7) is 6.30. The van der Waals surface area contributed by atoms with Crippen LogP contribution in [-0.4, -0.2) is 17.8 Å². The van der Waals surface area contributed by atoms with E-state index in [9.17, 15) is 5.11 Å². The first-order valence-corrected chi connectivity index (χ1v) is 7.31. The van der Waals surface area contributed by atoms with E-state index < -0.39 is 6.10 Å². The molecule has 1 saturated carbocycles. The van der Waals surface area contributed by atoms with Crippen LogP contribution < -0.4 is 0 Å². The van der Waals surface area contributed by atoms with Crippen LogP contribution >= 0.6 is 0 Å². The molecule has 0 saturated heterocycles. The highest BCUT2D eigenvalue weighted by Gasteiger charge is 2.40. The predicted molar refractivity (Wildman–Crippen MR) is 78.4 cm³/mol. The largest absolute Gasteiger partial charge is 0.385 e. The third-order valence-electron chi connectivity index (χ3n) is 4.78. The van der Waals surface area contributed by atoms with Gasteiger partial charge in [0.25, 0.3) is 0 Å². The first kappa shape index (κ1) is 14.5. The van der Waals surface area contributed by atoms with Gasteiger partial charge in [0.2, 0.25) is 0 Å². The number of ether oxygens (including phenoxy) is 1. The average molecular weight is 262 g/mol. The number of hydrogen-bond donors (Lipinski definition) is 1. The Hall–Kier alpha value is -0.860. The standard InChI is InChI=1S/C17H26O2/c1-12-10-14(3)15(11-13(12)2)16(18)17(19-4)8-6-5-7-9-17/h10-11,16,18H,5-9H2,1-4H3. The van der Waals surface area contributed by atoms with Crippen molar-refractivity contribution in [3.63, 3.8) is 0 Å². The van der Waals surface area contributed by atoms with E-state index in [1.54, 1.807) is 7.11 Å². The molecule has 0 bridgehead atoms. The zero-order valence-corrected chi connectivity index (χ0v) is 12.6. The molecule has 1 aliphatic carbocycles. The lowest BCUT2D eigenvalue weighted by Crippen LogP contribution is -2.40. The maximum absolute atomic E-state index is 10.9. The van der Waals surface area contributed by atoms with E-state index in [0.29, 0.717) is 0 Å². The number of rotatable bonds is 3. The Balaban J connectivity index is 2.37. The predicted octanol–water partition coefficient (Wildman–Crippen LogP) is 3.99. The maximum atomic E-state index is 10.9. The summed E-state index contributed by atoms with van der Waals surface area (Å²) in [5, 5.41) is 10.9. The zero-order chi connectivity index (χ0) is 14.0. The Labute approximate surface area is 116 Å². The SMILES string of the molecule is COC1(C(O)c2cc(C)c(C)cc2C)CCCCC1. The van der Waals surface area contributed by atoms with E-state index in [2.05, 4.69) is 32.9 Å². The summed E-state index contributed by atoms with van der Waals surface area (Å²) in [4.78, 5) is 0. The van der Waals surface area contributed by atoms with Gasteiger partial charge in [-0.05, 0) is 55.9 Å². The minimum Gasteiger partial charge on any atom is -0.385 e. The maximum Gasteiger partial charge on any atom is 0.108 e. The zero-order valence-electron chi connectivity index (χ0n) is 12.6. The van der Waals surface area contributed by atoms with Gasteiger partial charge in [-0.25, -0.2) is 0 Å². The Bertz CT molecular complexity index is 445. The fraction of sp³-hybridized carbons (Fsp3) is 0.647. The molecule has 0 radical (unpaired) electrons. The van der Waals surface area contributed by atoms with Gasteiger partial charge in [-0.2, -0.15) is 0 Å². The monoisotopic (exact) mass is 262 g/mol. The van der Waals surface area contributed by atoms with Crippen molar-refractivity contribution in [3.8, 4) is 0 Å². The second-order valence-corrected chi connectivity index (χ2v) is 6.03. The quantitative estimate of drug-likeness (QED) is 0.892. The number of aliphatic hydroxyl groups is 1. The van der Waals surface area contributed by atoms with Crippen molar-refractivity contribution in [1.29, 1.82) is 0 Å². The molecule has 1 aliphatic rings. The van der Waals surface area contributed by atoms with E-state index in [4.69, 9.17) is 4.74 Å². The van der Waals surface area contributed by atoms with Crippen molar-refractivity contribution in [2.24, 2.45) is 0 Å². The van der Waals surface area contributed by atoms with Gasteiger partial charge >= 0.3 is 0 Å². The molecule has 2 heteroatoms. The number of aliphatic hydroxyl groups excluding tert-OH is 1. The highest BCUT2D eigenvalue weighted by molar-refractivity contribution is 5.38. The highest BCUT2D eigenvalue weighted by atomic mass is 16.5.